The zero-order valence-electron chi connectivity index (χ0n) is 11.1. The van der Waals surface area contributed by atoms with Crippen LogP contribution in [-0.4, -0.2) is 40.6 Å². The van der Waals surface area contributed by atoms with Gasteiger partial charge in [-0.1, -0.05) is 0 Å². The number of carbonyl (C=O) groups excluding carboxylic acids is 1. The smallest absolute Gasteiger partial charge is 0.328 e. The molecule has 0 bridgehead atoms. The van der Waals surface area contributed by atoms with E-state index in [1.165, 1.54) is 39.5 Å². The fourth-order valence-corrected chi connectivity index (χ4v) is 1.86. The highest BCUT2D eigenvalue weighted by Gasteiger charge is 2.35. The number of rotatable bonds is 6. The highest BCUT2D eigenvalue weighted by molar-refractivity contribution is 5.85. The van der Waals surface area contributed by atoms with E-state index < -0.39 is 11.5 Å². The van der Waals surface area contributed by atoms with Crippen molar-refractivity contribution < 1.29 is 14.7 Å². The number of carbonyl (C=O) groups is 2. The van der Waals surface area contributed by atoms with Crippen LogP contribution in [0.5, 0.6) is 0 Å². The van der Waals surface area contributed by atoms with Crippen LogP contribution >= 0.6 is 0 Å². The predicted octanol–water partition coefficient (Wildman–Crippen LogP) is 1.68. The molecule has 2 fully saturated rings. The van der Waals surface area contributed by atoms with Crippen molar-refractivity contribution in [1.82, 2.24) is 10.2 Å². The molecule has 0 saturated heterocycles. The Labute approximate surface area is 108 Å². The maximum absolute atomic E-state index is 12.1. The second-order valence-corrected chi connectivity index (χ2v) is 6.15. The van der Waals surface area contributed by atoms with E-state index in [-0.39, 0.29) is 6.03 Å². The van der Waals surface area contributed by atoms with Crippen LogP contribution in [0, 0.1) is 11.8 Å². The van der Waals surface area contributed by atoms with E-state index in [2.05, 4.69) is 5.32 Å². The third kappa shape index (κ3) is 3.62. The third-order valence-electron chi connectivity index (χ3n) is 3.59. The number of amides is 2. The van der Waals surface area contributed by atoms with E-state index in [9.17, 15) is 9.59 Å². The minimum Gasteiger partial charge on any atom is -0.480 e. The third-order valence-corrected chi connectivity index (χ3v) is 3.59. The molecule has 0 aromatic carbocycles. The van der Waals surface area contributed by atoms with Gasteiger partial charge in [0.15, 0.2) is 0 Å². The molecule has 2 aliphatic rings. The molecule has 5 nitrogen and oxygen atoms in total. The van der Waals surface area contributed by atoms with E-state index in [0.717, 1.165) is 13.1 Å². The van der Waals surface area contributed by atoms with Crippen LogP contribution in [0.25, 0.3) is 0 Å². The number of aliphatic carboxylic acids is 1. The van der Waals surface area contributed by atoms with Gasteiger partial charge in [-0.2, -0.15) is 0 Å². The van der Waals surface area contributed by atoms with Crippen molar-refractivity contribution in [2.75, 3.05) is 13.1 Å². The molecule has 2 rings (SSSR count). The van der Waals surface area contributed by atoms with Crippen LogP contribution in [0.3, 0.4) is 0 Å². The van der Waals surface area contributed by atoms with Gasteiger partial charge in [0.25, 0.3) is 0 Å². The lowest BCUT2D eigenvalue weighted by Crippen LogP contribution is -2.54. The van der Waals surface area contributed by atoms with Gasteiger partial charge in [-0.25, -0.2) is 9.59 Å². The Hall–Kier alpha value is -1.26. The standard InChI is InChI=1S/C13H22N2O3/c1-13(2,11(16)17)14-12(18)15(7-9-3-4-9)8-10-5-6-10/h9-10H,3-8H2,1-2H3,(H,14,18)(H,16,17). The zero-order chi connectivity index (χ0) is 13.3. The molecular weight excluding hydrogens is 232 g/mol. The average Bonchev–Trinajstić information content (AvgIpc) is 3.09. The molecule has 0 heterocycles. The van der Waals surface area contributed by atoms with Crippen molar-refractivity contribution >= 4 is 12.0 Å². The lowest BCUT2D eigenvalue weighted by molar-refractivity contribution is -0.143. The average molecular weight is 254 g/mol. The van der Waals surface area contributed by atoms with Gasteiger partial charge in [0.05, 0.1) is 0 Å². The molecule has 0 aromatic heterocycles. The van der Waals surface area contributed by atoms with E-state index in [0.29, 0.717) is 11.8 Å². The summed E-state index contributed by atoms with van der Waals surface area (Å²) in [4.78, 5) is 25.0. The van der Waals surface area contributed by atoms with Crippen LogP contribution in [0.2, 0.25) is 0 Å². The molecular formula is C13H22N2O3. The minimum absolute atomic E-state index is 0.235. The first-order valence-corrected chi connectivity index (χ1v) is 6.69. The van der Waals surface area contributed by atoms with Crippen molar-refractivity contribution in [3.05, 3.63) is 0 Å². The Morgan fingerprint density at radius 1 is 1.17 bits per heavy atom. The number of hydrogen-bond donors (Lipinski definition) is 2. The minimum atomic E-state index is -1.21. The summed E-state index contributed by atoms with van der Waals surface area (Å²) in [5.41, 5.74) is -1.21. The lowest BCUT2D eigenvalue weighted by Gasteiger charge is -2.28. The number of nitrogens with zero attached hydrogens (tertiary/aromatic N) is 1. The predicted molar refractivity (Wildman–Crippen MR) is 67.3 cm³/mol. The summed E-state index contributed by atoms with van der Waals surface area (Å²) in [5.74, 6) is 0.249. The van der Waals surface area contributed by atoms with Crippen molar-refractivity contribution in [3.63, 3.8) is 0 Å². The molecule has 2 aliphatic carbocycles. The Morgan fingerprint density at radius 2 is 1.61 bits per heavy atom. The first-order chi connectivity index (χ1) is 8.38. The van der Waals surface area contributed by atoms with Gasteiger partial charge in [0, 0.05) is 13.1 Å². The van der Waals surface area contributed by atoms with Crippen LogP contribution in [0.15, 0.2) is 0 Å². The normalized spacial score (nSPS) is 19.4. The molecule has 0 unspecified atom stereocenters. The first kappa shape index (κ1) is 13.2. The van der Waals surface area contributed by atoms with Crippen molar-refractivity contribution in [1.29, 1.82) is 0 Å². The topological polar surface area (TPSA) is 69.6 Å². The van der Waals surface area contributed by atoms with Gasteiger partial charge < -0.3 is 15.3 Å². The first-order valence-electron chi connectivity index (χ1n) is 6.69. The summed E-state index contributed by atoms with van der Waals surface area (Å²) in [6.45, 7) is 4.58. The molecule has 2 N–H and O–H groups in total. The van der Waals surface area contributed by atoms with Gasteiger partial charge in [-0.15, -0.1) is 0 Å². The molecule has 0 aromatic rings. The number of carboxylic acid groups (broad SMARTS) is 1. The highest BCUT2D eigenvalue weighted by atomic mass is 16.4. The molecule has 0 aliphatic heterocycles. The molecule has 2 amide bonds. The van der Waals surface area contributed by atoms with Gasteiger partial charge >= 0.3 is 12.0 Å². The quantitative estimate of drug-likeness (QED) is 0.757. The lowest BCUT2D eigenvalue weighted by atomic mass is 10.1. The maximum atomic E-state index is 12.1. The van der Waals surface area contributed by atoms with Crippen molar-refractivity contribution in [3.8, 4) is 0 Å². The van der Waals surface area contributed by atoms with Gasteiger partial charge in [-0.3, -0.25) is 0 Å². The van der Waals surface area contributed by atoms with Gasteiger partial charge in [0.2, 0.25) is 0 Å². The van der Waals surface area contributed by atoms with E-state index >= 15 is 0 Å². The molecule has 0 radical (unpaired) electrons. The fraction of sp³-hybridized carbons (Fsp3) is 0.846. The SMILES string of the molecule is CC(C)(NC(=O)N(CC1CC1)CC1CC1)C(=O)O. The Morgan fingerprint density at radius 3 is 1.94 bits per heavy atom. The molecule has 5 heteroatoms. The Kier molecular flexibility index (Phi) is 3.50. The molecule has 2 saturated carbocycles. The van der Waals surface area contributed by atoms with Gasteiger partial charge in [-0.05, 0) is 51.4 Å². The largest absolute Gasteiger partial charge is 0.480 e. The van der Waals surface area contributed by atoms with Gasteiger partial charge in [0.1, 0.15) is 5.54 Å². The fourth-order valence-electron chi connectivity index (χ4n) is 1.86. The van der Waals surface area contributed by atoms with E-state index in [1.54, 1.807) is 4.90 Å². The monoisotopic (exact) mass is 254 g/mol. The summed E-state index contributed by atoms with van der Waals surface area (Å²) < 4.78 is 0. The van der Waals surface area contributed by atoms with E-state index in [1.807, 2.05) is 0 Å². The second kappa shape index (κ2) is 4.78. The molecule has 0 spiro atoms. The summed E-state index contributed by atoms with van der Waals surface area (Å²) >= 11 is 0. The number of urea groups is 1. The van der Waals surface area contributed by atoms with Crippen LogP contribution in [-0.2, 0) is 4.79 Å². The molecule has 0 atom stereocenters. The Balaban J connectivity index is 1.90. The van der Waals surface area contributed by atoms with Crippen LogP contribution in [0.4, 0.5) is 4.79 Å². The summed E-state index contributed by atoms with van der Waals surface area (Å²) in [7, 11) is 0. The Bertz CT molecular complexity index is 332. The molecule has 18 heavy (non-hydrogen) atoms. The van der Waals surface area contributed by atoms with Crippen LogP contribution in [0.1, 0.15) is 39.5 Å². The van der Waals surface area contributed by atoms with Crippen LogP contribution < -0.4 is 5.32 Å². The molecule has 102 valence electrons. The van der Waals surface area contributed by atoms with Crippen molar-refractivity contribution in [2.45, 2.75) is 45.1 Å². The highest BCUT2D eigenvalue weighted by Crippen LogP contribution is 2.33. The number of hydrogen-bond acceptors (Lipinski definition) is 2. The summed E-state index contributed by atoms with van der Waals surface area (Å²) in [5, 5.41) is 11.6. The van der Waals surface area contributed by atoms with Crippen molar-refractivity contribution in [2.24, 2.45) is 11.8 Å². The zero-order valence-corrected chi connectivity index (χ0v) is 11.1. The summed E-state index contributed by atoms with van der Waals surface area (Å²) in [6.07, 6.45) is 4.76. The second-order valence-electron chi connectivity index (χ2n) is 6.15. The number of nitrogens with one attached hydrogen (secondary N) is 1. The maximum Gasteiger partial charge on any atom is 0.328 e. The number of carboxylic acids is 1. The van der Waals surface area contributed by atoms with E-state index in [4.69, 9.17) is 5.11 Å². The summed E-state index contributed by atoms with van der Waals surface area (Å²) in [6, 6.07) is -0.235.